The number of nitrogens with one attached hydrogen (secondary N) is 1. The summed E-state index contributed by atoms with van der Waals surface area (Å²) in [5.74, 6) is -4.52. The van der Waals surface area contributed by atoms with Crippen LogP contribution >= 0.6 is 0 Å². The molecule has 0 saturated carbocycles. The Balaban J connectivity index is 2.29. The van der Waals surface area contributed by atoms with Gasteiger partial charge >= 0.3 is 0 Å². The molecule has 118 valence electrons. The largest absolute Gasteiger partial charge is 0.319 e. The molecule has 0 aliphatic carbocycles. The lowest BCUT2D eigenvalue weighted by molar-refractivity contribution is 0.263. The monoisotopic (exact) mass is 322 g/mol. The van der Waals surface area contributed by atoms with Crippen LogP contribution in [0.1, 0.15) is 12.8 Å². The van der Waals surface area contributed by atoms with E-state index in [0.717, 1.165) is 6.42 Å². The molecule has 1 aromatic carbocycles. The highest BCUT2D eigenvalue weighted by molar-refractivity contribution is 7.89. The molecule has 4 nitrogen and oxygen atoms in total. The third kappa shape index (κ3) is 3.38. The van der Waals surface area contributed by atoms with Gasteiger partial charge in [-0.3, -0.25) is 0 Å². The molecule has 1 aromatic rings. The molecule has 1 heterocycles. The van der Waals surface area contributed by atoms with Crippen LogP contribution in [0, 0.1) is 23.4 Å². The van der Waals surface area contributed by atoms with Crippen LogP contribution in [-0.4, -0.2) is 39.4 Å². The summed E-state index contributed by atoms with van der Waals surface area (Å²) in [6, 6.07) is 1.05. The lowest BCUT2D eigenvalue weighted by Gasteiger charge is -2.31. The van der Waals surface area contributed by atoms with E-state index in [1.54, 1.807) is 7.05 Å². The number of piperidine rings is 1. The molecule has 1 aliphatic heterocycles. The number of hydrogen-bond acceptors (Lipinski definition) is 3. The van der Waals surface area contributed by atoms with E-state index in [0.29, 0.717) is 31.6 Å². The fraction of sp³-hybridized carbons (Fsp3) is 0.538. The minimum atomic E-state index is -4.02. The van der Waals surface area contributed by atoms with Crippen LogP contribution in [0.3, 0.4) is 0 Å². The van der Waals surface area contributed by atoms with E-state index in [1.807, 2.05) is 0 Å². The zero-order valence-corrected chi connectivity index (χ0v) is 12.4. The molecule has 8 heteroatoms. The Morgan fingerprint density at radius 2 is 1.90 bits per heavy atom. The van der Waals surface area contributed by atoms with Gasteiger partial charge in [0.2, 0.25) is 10.0 Å². The van der Waals surface area contributed by atoms with Crippen molar-refractivity contribution < 1.29 is 21.6 Å². The normalized spacial score (nSPS) is 20.7. The first kappa shape index (κ1) is 16.3. The van der Waals surface area contributed by atoms with Crippen LogP contribution in [0.2, 0.25) is 0 Å². The molecule has 2 rings (SSSR count). The lowest BCUT2D eigenvalue weighted by Crippen LogP contribution is -2.42. The SMILES string of the molecule is CNC[C@@H]1CCCN(S(=O)(=O)c2cc(F)c(F)c(F)c2)C1. The van der Waals surface area contributed by atoms with E-state index < -0.39 is 32.4 Å². The molecule has 21 heavy (non-hydrogen) atoms. The van der Waals surface area contributed by atoms with Crippen LogP contribution in [0.4, 0.5) is 13.2 Å². The summed E-state index contributed by atoms with van der Waals surface area (Å²) in [4.78, 5) is -0.552. The van der Waals surface area contributed by atoms with Crippen molar-refractivity contribution in [3.63, 3.8) is 0 Å². The fourth-order valence-electron chi connectivity index (χ4n) is 2.53. The minimum absolute atomic E-state index is 0.147. The smallest absolute Gasteiger partial charge is 0.243 e. The first-order valence-corrected chi connectivity index (χ1v) is 8.09. The Morgan fingerprint density at radius 3 is 2.48 bits per heavy atom. The van der Waals surface area contributed by atoms with Gasteiger partial charge in [-0.15, -0.1) is 0 Å². The van der Waals surface area contributed by atoms with Crippen molar-refractivity contribution in [2.24, 2.45) is 5.92 Å². The molecular weight excluding hydrogens is 305 g/mol. The Hall–Kier alpha value is -1.12. The average molecular weight is 322 g/mol. The van der Waals surface area contributed by atoms with E-state index in [9.17, 15) is 21.6 Å². The van der Waals surface area contributed by atoms with Gasteiger partial charge in [0.05, 0.1) is 4.90 Å². The van der Waals surface area contributed by atoms with Crippen molar-refractivity contribution in [1.82, 2.24) is 9.62 Å². The quantitative estimate of drug-likeness (QED) is 0.859. The Morgan fingerprint density at radius 1 is 1.29 bits per heavy atom. The first-order chi connectivity index (χ1) is 9.86. The Kier molecular flexibility index (Phi) is 4.90. The van der Waals surface area contributed by atoms with Gasteiger partial charge in [-0.05, 0) is 44.5 Å². The fourth-order valence-corrected chi connectivity index (χ4v) is 4.11. The molecule has 1 atom stereocenters. The minimum Gasteiger partial charge on any atom is -0.319 e. The van der Waals surface area contributed by atoms with Crippen LogP contribution in [0.5, 0.6) is 0 Å². The van der Waals surface area contributed by atoms with Crippen LogP contribution in [-0.2, 0) is 10.0 Å². The van der Waals surface area contributed by atoms with Crippen molar-refractivity contribution >= 4 is 10.0 Å². The third-order valence-corrected chi connectivity index (χ3v) is 5.41. The second-order valence-electron chi connectivity index (χ2n) is 5.13. The van der Waals surface area contributed by atoms with Gasteiger partial charge in [0.1, 0.15) is 0 Å². The maximum atomic E-state index is 13.2. The molecule has 0 unspecified atom stereocenters. The molecule has 0 spiro atoms. The molecule has 0 amide bonds. The van der Waals surface area contributed by atoms with Gasteiger partial charge in [0.15, 0.2) is 17.5 Å². The summed E-state index contributed by atoms with van der Waals surface area (Å²) in [6.45, 7) is 1.24. The van der Waals surface area contributed by atoms with E-state index in [-0.39, 0.29) is 12.5 Å². The summed E-state index contributed by atoms with van der Waals surface area (Å²) >= 11 is 0. The average Bonchev–Trinajstić information content (AvgIpc) is 2.45. The highest BCUT2D eigenvalue weighted by Crippen LogP contribution is 2.25. The number of hydrogen-bond donors (Lipinski definition) is 1. The van der Waals surface area contributed by atoms with Crippen LogP contribution in [0.25, 0.3) is 0 Å². The number of sulfonamides is 1. The summed E-state index contributed by atoms with van der Waals surface area (Å²) in [5.41, 5.74) is 0. The highest BCUT2D eigenvalue weighted by atomic mass is 32.2. The van der Waals surface area contributed by atoms with Crippen molar-refractivity contribution in [1.29, 1.82) is 0 Å². The van der Waals surface area contributed by atoms with Gasteiger partial charge in [-0.1, -0.05) is 0 Å². The molecule has 0 bridgehead atoms. The Labute approximate surface area is 122 Å². The number of nitrogens with zero attached hydrogens (tertiary/aromatic N) is 1. The summed E-state index contributed by atoms with van der Waals surface area (Å²) < 4.78 is 65.4. The standard InChI is InChI=1S/C13H17F3N2O2S/c1-17-7-9-3-2-4-18(8-9)21(19,20)10-5-11(14)13(16)12(15)6-10/h5-6,9,17H,2-4,7-8H2,1H3/t9-/m0/s1. The zero-order chi connectivity index (χ0) is 15.6. The van der Waals surface area contributed by atoms with Gasteiger partial charge in [0.25, 0.3) is 0 Å². The second kappa shape index (κ2) is 6.33. The molecule has 0 radical (unpaired) electrons. The van der Waals surface area contributed by atoms with Crippen molar-refractivity contribution in [2.45, 2.75) is 17.7 Å². The number of halogens is 3. The summed E-state index contributed by atoms with van der Waals surface area (Å²) in [6.07, 6.45) is 1.57. The van der Waals surface area contributed by atoms with E-state index in [2.05, 4.69) is 5.32 Å². The zero-order valence-electron chi connectivity index (χ0n) is 11.6. The topological polar surface area (TPSA) is 49.4 Å². The van der Waals surface area contributed by atoms with E-state index in [4.69, 9.17) is 0 Å². The molecule has 1 aliphatic rings. The molecule has 1 fully saturated rings. The lowest BCUT2D eigenvalue weighted by atomic mass is 10.00. The molecule has 1 N–H and O–H groups in total. The van der Waals surface area contributed by atoms with E-state index in [1.165, 1.54) is 4.31 Å². The number of benzene rings is 1. The van der Waals surface area contributed by atoms with Crippen molar-refractivity contribution in [3.05, 3.63) is 29.6 Å². The maximum Gasteiger partial charge on any atom is 0.243 e. The van der Waals surface area contributed by atoms with Crippen LogP contribution in [0.15, 0.2) is 17.0 Å². The van der Waals surface area contributed by atoms with Gasteiger partial charge < -0.3 is 5.32 Å². The third-order valence-electron chi connectivity index (χ3n) is 3.57. The molecule has 1 saturated heterocycles. The summed E-state index contributed by atoms with van der Waals surface area (Å²) in [5, 5.41) is 2.98. The van der Waals surface area contributed by atoms with Gasteiger partial charge in [0, 0.05) is 13.1 Å². The highest BCUT2D eigenvalue weighted by Gasteiger charge is 2.31. The maximum absolute atomic E-state index is 13.2. The van der Waals surface area contributed by atoms with Crippen molar-refractivity contribution in [2.75, 3.05) is 26.7 Å². The first-order valence-electron chi connectivity index (χ1n) is 6.65. The Bertz CT molecular complexity index is 597. The van der Waals surface area contributed by atoms with Crippen molar-refractivity contribution in [3.8, 4) is 0 Å². The molecular formula is C13H17F3N2O2S. The van der Waals surface area contributed by atoms with Gasteiger partial charge in [-0.25, -0.2) is 21.6 Å². The second-order valence-corrected chi connectivity index (χ2v) is 7.07. The molecule has 0 aromatic heterocycles. The van der Waals surface area contributed by atoms with E-state index >= 15 is 0 Å². The predicted octanol–water partition coefficient (Wildman–Crippen LogP) is 1.72. The number of rotatable bonds is 4. The predicted molar refractivity (Wildman–Crippen MR) is 71.7 cm³/mol. The summed E-state index contributed by atoms with van der Waals surface area (Å²) in [7, 11) is -2.24. The van der Waals surface area contributed by atoms with Gasteiger partial charge in [-0.2, -0.15) is 4.31 Å². The van der Waals surface area contributed by atoms with Crippen LogP contribution < -0.4 is 5.32 Å².